The molecule has 10 atom stereocenters. The molecule has 2 fully saturated rings. The van der Waals surface area contributed by atoms with Gasteiger partial charge >= 0.3 is 0 Å². The van der Waals surface area contributed by atoms with Gasteiger partial charge in [-0.15, -0.1) is 0 Å². The molecule has 1 aromatic carbocycles. The molecule has 16 nitrogen and oxygen atoms in total. The van der Waals surface area contributed by atoms with Gasteiger partial charge < -0.3 is 45.9 Å². The third kappa shape index (κ3) is 13.9. The highest BCUT2D eigenvalue weighted by molar-refractivity contribution is 5.97. The Bertz CT molecular complexity index is 1660. The summed E-state index contributed by atoms with van der Waals surface area (Å²) >= 11 is 0. The predicted octanol–water partition coefficient (Wildman–Crippen LogP) is 3.02. The number of rotatable bonds is 22. The van der Waals surface area contributed by atoms with Crippen molar-refractivity contribution in [2.75, 3.05) is 60.3 Å². The highest BCUT2D eigenvalue weighted by atomic mass is 16.5. The van der Waals surface area contributed by atoms with Crippen LogP contribution in [0.5, 0.6) is 0 Å². The topological polar surface area (TPSA) is 196 Å². The van der Waals surface area contributed by atoms with Gasteiger partial charge in [-0.25, -0.2) is 0 Å². The summed E-state index contributed by atoms with van der Waals surface area (Å²) in [6.07, 6.45) is 4.32. The van der Waals surface area contributed by atoms with E-state index in [0.29, 0.717) is 31.6 Å². The van der Waals surface area contributed by atoms with Crippen LogP contribution in [-0.2, 0) is 44.7 Å². The molecule has 16 heteroatoms. The third-order valence-electron chi connectivity index (χ3n) is 13.0. The number of hydrogen-bond donors (Lipinski definition) is 4. The van der Waals surface area contributed by atoms with E-state index in [-0.39, 0.29) is 59.9 Å². The number of carbonyl (C=O) groups excluding carboxylic acids is 6. The molecule has 62 heavy (non-hydrogen) atoms. The van der Waals surface area contributed by atoms with Gasteiger partial charge in [0.05, 0.1) is 48.7 Å². The van der Waals surface area contributed by atoms with Gasteiger partial charge in [-0.3, -0.25) is 33.7 Å². The van der Waals surface area contributed by atoms with Crippen molar-refractivity contribution in [1.82, 2.24) is 30.2 Å². The Balaban J connectivity index is 1.68. The number of hydrogen-bond acceptors (Lipinski definition) is 10. The maximum Gasteiger partial charge on any atom is 0.246 e. The zero-order chi connectivity index (χ0) is 46.4. The molecule has 3 rings (SSSR count). The van der Waals surface area contributed by atoms with Gasteiger partial charge in [0.15, 0.2) is 0 Å². The molecular formula is C46H78N8O8. The Morgan fingerprint density at radius 1 is 0.887 bits per heavy atom. The van der Waals surface area contributed by atoms with Crippen LogP contribution in [0.3, 0.4) is 0 Å². The number of nitrogens with two attached hydrogens (primary N) is 1. The lowest BCUT2D eigenvalue weighted by atomic mass is 9.89. The minimum atomic E-state index is -0.777. The van der Waals surface area contributed by atoms with Gasteiger partial charge in [0.25, 0.3) is 0 Å². The van der Waals surface area contributed by atoms with Gasteiger partial charge in [0, 0.05) is 47.1 Å². The van der Waals surface area contributed by atoms with Crippen molar-refractivity contribution in [1.29, 1.82) is 0 Å². The number of amides is 6. The van der Waals surface area contributed by atoms with E-state index >= 15 is 0 Å². The number of benzene rings is 1. The molecule has 0 spiro atoms. The van der Waals surface area contributed by atoms with Crippen molar-refractivity contribution < 1.29 is 38.2 Å². The molecule has 0 aliphatic carbocycles. The summed E-state index contributed by atoms with van der Waals surface area (Å²) in [6, 6.07) is 4.04. The average Bonchev–Trinajstić information content (AvgIpc) is 3.73. The molecule has 6 amide bonds. The predicted molar refractivity (Wildman–Crippen MR) is 241 cm³/mol. The molecule has 2 heterocycles. The second kappa shape index (κ2) is 24.7. The van der Waals surface area contributed by atoms with E-state index in [4.69, 9.17) is 15.2 Å². The normalized spacial score (nSPS) is 20.8. The summed E-state index contributed by atoms with van der Waals surface area (Å²) in [4.78, 5) is 87.8. The number of methoxy groups -OCH3 is 2. The van der Waals surface area contributed by atoms with Gasteiger partial charge in [-0.1, -0.05) is 59.6 Å². The number of nitrogens with zero attached hydrogens (tertiary/aromatic N) is 4. The lowest BCUT2D eigenvalue weighted by Gasteiger charge is -2.41. The van der Waals surface area contributed by atoms with Crippen LogP contribution in [0, 0.1) is 17.8 Å². The molecule has 0 aromatic heterocycles. The van der Waals surface area contributed by atoms with Crippen LogP contribution < -0.4 is 21.7 Å². The molecule has 0 unspecified atom stereocenters. The van der Waals surface area contributed by atoms with Crippen molar-refractivity contribution in [2.45, 2.75) is 148 Å². The van der Waals surface area contributed by atoms with E-state index in [2.05, 4.69) is 27.8 Å². The standard InChI is InChI=1S/C46H78N8O8/c1-13-29(4)40(53(10)46(60)39(28(2)3)50-44(58)36-20-14-15-23-51(36)8)37(61-11)27-38(55)54-24-17-21-35(54)41(62-12)30(5)45(59)52(9)25-22-33-18-16-19-34(26-33)49-43(57)32(7)48-42(56)31(6)47/h16,18-19,26,28-32,35-37,39-41H,13-15,17,20-25,27,47H2,1-12H3,(H,48,56)(H,49,57)(H,50,58)/t29-,30+,31-,32-,35-,36+,37+,39-,40-,41+/m0/s1. The van der Waals surface area contributed by atoms with Crippen LogP contribution in [0.25, 0.3) is 0 Å². The van der Waals surface area contributed by atoms with Crippen molar-refractivity contribution in [3.8, 4) is 0 Å². The monoisotopic (exact) mass is 871 g/mol. The molecule has 1 aromatic rings. The van der Waals surface area contributed by atoms with Crippen molar-refractivity contribution in [2.24, 2.45) is 23.5 Å². The van der Waals surface area contributed by atoms with Crippen molar-refractivity contribution in [3.05, 3.63) is 29.8 Å². The molecule has 350 valence electrons. The Morgan fingerprint density at radius 3 is 2.18 bits per heavy atom. The Hall–Kier alpha value is -4.12. The first kappa shape index (κ1) is 52.2. The molecule has 0 radical (unpaired) electrons. The molecule has 0 saturated carbocycles. The number of carbonyl (C=O) groups is 6. The van der Waals surface area contributed by atoms with E-state index in [9.17, 15) is 28.8 Å². The number of likely N-dealkylation sites (tertiary alicyclic amines) is 2. The highest BCUT2D eigenvalue weighted by Crippen LogP contribution is 2.30. The molecule has 2 saturated heterocycles. The maximum atomic E-state index is 14.3. The summed E-state index contributed by atoms with van der Waals surface area (Å²) in [5, 5.41) is 8.49. The first-order valence-corrected chi connectivity index (χ1v) is 22.6. The van der Waals surface area contributed by atoms with E-state index < -0.39 is 48.2 Å². The molecule has 0 bridgehead atoms. The summed E-state index contributed by atoms with van der Waals surface area (Å²) in [7, 11) is 8.59. The van der Waals surface area contributed by atoms with Crippen LogP contribution in [-0.4, -0.2) is 158 Å². The fraction of sp³-hybridized carbons (Fsp3) is 0.739. The van der Waals surface area contributed by atoms with E-state index in [1.807, 2.05) is 57.8 Å². The molecule has 2 aliphatic rings. The second-order valence-electron chi connectivity index (χ2n) is 18.0. The number of piperidine rings is 1. The van der Waals surface area contributed by atoms with Crippen LogP contribution in [0.15, 0.2) is 24.3 Å². The van der Waals surface area contributed by atoms with Crippen molar-refractivity contribution in [3.63, 3.8) is 0 Å². The fourth-order valence-electron chi connectivity index (χ4n) is 8.91. The Labute approximate surface area is 370 Å². The fourth-order valence-corrected chi connectivity index (χ4v) is 8.91. The quantitative estimate of drug-likeness (QED) is 0.135. The van der Waals surface area contributed by atoms with Crippen LogP contribution in [0.1, 0.15) is 99.0 Å². The molecule has 5 N–H and O–H groups in total. The lowest BCUT2D eigenvalue weighted by molar-refractivity contribution is -0.149. The maximum absolute atomic E-state index is 14.3. The van der Waals surface area contributed by atoms with Crippen LogP contribution in [0.2, 0.25) is 0 Å². The smallest absolute Gasteiger partial charge is 0.246 e. The first-order valence-electron chi connectivity index (χ1n) is 22.6. The van der Waals surface area contributed by atoms with E-state index in [1.54, 1.807) is 58.0 Å². The zero-order valence-electron chi connectivity index (χ0n) is 39.6. The Kier molecular flexibility index (Phi) is 20.8. The number of anilines is 1. The number of ether oxygens (including phenoxy) is 2. The van der Waals surface area contributed by atoms with E-state index in [0.717, 1.165) is 44.2 Å². The minimum Gasteiger partial charge on any atom is -0.379 e. The van der Waals surface area contributed by atoms with E-state index in [1.165, 1.54) is 0 Å². The first-order chi connectivity index (χ1) is 29.3. The van der Waals surface area contributed by atoms with Gasteiger partial charge in [-0.05, 0) is 89.1 Å². The van der Waals surface area contributed by atoms with Crippen LogP contribution >= 0.6 is 0 Å². The highest BCUT2D eigenvalue weighted by Gasteiger charge is 2.43. The third-order valence-corrected chi connectivity index (χ3v) is 13.0. The number of likely N-dealkylation sites (N-methyl/N-ethyl adjacent to an activating group) is 3. The lowest BCUT2D eigenvalue weighted by Crippen LogP contribution is -2.59. The SMILES string of the molecule is CC[C@H](C)[C@@H]([C@@H](CC(=O)N1CCC[C@H]1[C@H](OC)[C@@H](C)C(=O)N(C)CCc1cccc(NC(=O)[C@H](C)NC(=O)[C@H](C)N)c1)OC)N(C)C(=O)[C@@H](NC(=O)[C@H]1CCCCN1C)C(C)C. The number of nitrogens with one attached hydrogen (secondary N) is 3. The summed E-state index contributed by atoms with van der Waals surface area (Å²) in [6.45, 7) is 14.7. The summed E-state index contributed by atoms with van der Waals surface area (Å²) in [5.74, 6) is -2.13. The largest absolute Gasteiger partial charge is 0.379 e. The second-order valence-corrected chi connectivity index (χ2v) is 18.0. The molecular weight excluding hydrogens is 793 g/mol. The summed E-state index contributed by atoms with van der Waals surface area (Å²) in [5.41, 5.74) is 7.08. The zero-order valence-corrected chi connectivity index (χ0v) is 39.6. The van der Waals surface area contributed by atoms with Gasteiger partial charge in [-0.2, -0.15) is 0 Å². The Morgan fingerprint density at radius 2 is 1.58 bits per heavy atom. The average molecular weight is 871 g/mol. The van der Waals surface area contributed by atoms with Crippen LogP contribution in [0.4, 0.5) is 5.69 Å². The van der Waals surface area contributed by atoms with Gasteiger partial charge in [0.1, 0.15) is 12.1 Å². The van der Waals surface area contributed by atoms with Crippen molar-refractivity contribution >= 4 is 41.1 Å². The molecule has 2 aliphatic heterocycles. The van der Waals surface area contributed by atoms with Gasteiger partial charge in [0.2, 0.25) is 35.4 Å². The summed E-state index contributed by atoms with van der Waals surface area (Å²) < 4.78 is 12.1. The minimum absolute atomic E-state index is 0.0198.